The fourth-order valence-electron chi connectivity index (χ4n) is 1.02. The lowest BCUT2D eigenvalue weighted by Crippen LogP contribution is -2.33. The van der Waals surface area contributed by atoms with E-state index in [0.29, 0.717) is 17.1 Å². The van der Waals surface area contributed by atoms with Gasteiger partial charge >= 0.3 is 0 Å². The lowest BCUT2D eigenvalue weighted by Gasteiger charge is -2.13. The summed E-state index contributed by atoms with van der Waals surface area (Å²) in [5, 5.41) is 17.9. The average molecular weight is 164 g/mol. The van der Waals surface area contributed by atoms with Gasteiger partial charge in [0.1, 0.15) is 22.7 Å². The van der Waals surface area contributed by atoms with Crippen molar-refractivity contribution in [3.05, 3.63) is 0 Å². The molecule has 2 N–H and O–H groups in total. The van der Waals surface area contributed by atoms with E-state index in [4.69, 9.17) is 14.3 Å². The Morgan fingerprint density at radius 1 is 1.70 bits per heavy atom. The van der Waals surface area contributed by atoms with Crippen LogP contribution in [0.3, 0.4) is 0 Å². The molecule has 0 unspecified atom stereocenters. The summed E-state index contributed by atoms with van der Waals surface area (Å²) in [5.74, 6) is 0. The number of rotatable bonds is 2. The van der Waals surface area contributed by atoms with Crippen molar-refractivity contribution in [3.8, 4) is 0 Å². The Morgan fingerprint density at radius 2 is 2.40 bits per heavy atom. The van der Waals surface area contributed by atoms with Crippen LogP contribution < -0.4 is 0 Å². The minimum atomic E-state index is -0.650. The third kappa shape index (κ3) is 1.38. The molecule has 1 aliphatic rings. The molecule has 0 aromatic heterocycles. The second-order valence-corrected chi connectivity index (χ2v) is 2.79. The van der Waals surface area contributed by atoms with Crippen LogP contribution in [0, 0.1) is 0 Å². The number of hydrogen-bond acceptors (Lipinski definition) is 4. The topological polar surface area (TPSA) is 58.9 Å². The van der Waals surface area contributed by atoms with Gasteiger partial charge in [0.15, 0.2) is 0 Å². The fraction of sp³-hybridized carbons (Fsp3) is 1.00. The Labute approximate surface area is 62.3 Å². The highest BCUT2D eigenvalue weighted by Crippen LogP contribution is 2.15. The van der Waals surface area contributed by atoms with Gasteiger partial charge < -0.3 is 19.4 Å². The molecule has 0 aromatic carbocycles. The molecule has 0 radical (unpaired) electrons. The third-order valence-corrected chi connectivity index (χ3v) is 2.32. The molecule has 1 rings (SSSR count). The van der Waals surface area contributed by atoms with Crippen LogP contribution >= 0.6 is 0 Å². The van der Waals surface area contributed by atoms with Crippen LogP contribution in [0.15, 0.2) is 0 Å². The minimum Gasteiger partial charge on any atom is -0.420 e. The first-order valence-electron chi connectivity index (χ1n) is 3.23. The minimum absolute atomic E-state index is 0.136. The summed E-state index contributed by atoms with van der Waals surface area (Å²) in [6.45, 7) is 0.262. The van der Waals surface area contributed by atoms with Gasteiger partial charge in [0.2, 0.25) is 0 Å². The van der Waals surface area contributed by atoms with Crippen molar-refractivity contribution in [2.75, 3.05) is 13.2 Å². The van der Waals surface area contributed by atoms with Crippen molar-refractivity contribution in [2.24, 2.45) is 0 Å². The molecule has 0 amide bonds. The summed E-state index contributed by atoms with van der Waals surface area (Å²) in [4.78, 5) is 0. The van der Waals surface area contributed by atoms with E-state index in [9.17, 15) is 5.11 Å². The standard InChI is InChI=1S/C5H12O4Si/c6-1-3-5(7)4(9-10)2-8-3/h3-7H,1-2H2,10H3/t3-,4+,5-/m0/s1. The smallest absolute Gasteiger partial charge is 0.146 e. The highest BCUT2D eigenvalue weighted by molar-refractivity contribution is 5.98. The molecular weight excluding hydrogens is 152 g/mol. The number of aliphatic hydroxyl groups is 2. The maximum Gasteiger partial charge on any atom is 0.146 e. The SMILES string of the molecule is OC[C@@H]1OC[C@@H](O[SiH3])[C@H]1O. The zero-order valence-electron chi connectivity index (χ0n) is 5.86. The molecule has 0 spiro atoms. The van der Waals surface area contributed by atoms with E-state index in [2.05, 4.69) is 0 Å². The molecule has 1 heterocycles. The van der Waals surface area contributed by atoms with Gasteiger partial charge in [0.25, 0.3) is 0 Å². The van der Waals surface area contributed by atoms with Crippen LogP contribution in [0.2, 0.25) is 0 Å². The molecule has 1 aliphatic heterocycles. The number of aliphatic hydroxyl groups excluding tert-OH is 2. The summed E-state index contributed by atoms with van der Waals surface area (Å²) in [5.41, 5.74) is 0. The molecule has 0 aliphatic carbocycles. The lowest BCUT2D eigenvalue weighted by atomic mass is 10.2. The molecule has 1 saturated heterocycles. The normalized spacial score (nSPS) is 40.8. The quantitative estimate of drug-likeness (QED) is 0.440. The predicted octanol–water partition coefficient (Wildman–Crippen LogP) is -2.60. The number of hydrogen-bond donors (Lipinski definition) is 2. The maximum atomic E-state index is 9.26. The van der Waals surface area contributed by atoms with E-state index in [1.54, 1.807) is 0 Å². The predicted molar refractivity (Wildman–Crippen MR) is 37.6 cm³/mol. The molecule has 60 valence electrons. The molecule has 10 heavy (non-hydrogen) atoms. The van der Waals surface area contributed by atoms with Crippen molar-refractivity contribution in [3.63, 3.8) is 0 Å². The Morgan fingerprint density at radius 3 is 2.70 bits per heavy atom. The van der Waals surface area contributed by atoms with E-state index in [-0.39, 0.29) is 12.7 Å². The Kier molecular flexibility index (Phi) is 2.81. The molecule has 3 atom stereocenters. The largest absolute Gasteiger partial charge is 0.420 e. The molecule has 0 bridgehead atoms. The molecule has 5 heteroatoms. The first-order valence-corrected chi connectivity index (χ1v) is 4.04. The van der Waals surface area contributed by atoms with Crippen LogP contribution in [0.5, 0.6) is 0 Å². The zero-order chi connectivity index (χ0) is 7.56. The van der Waals surface area contributed by atoms with Gasteiger partial charge in [-0.05, 0) is 0 Å². The van der Waals surface area contributed by atoms with Crippen LogP contribution in [0.1, 0.15) is 0 Å². The van der Waals surface area contributed by atoms with Gasteiger partial charge in [-0.3, -0.25) is 0 Å². The molecule has 0 saturated carbocycles. The van der Waals surface area contributed by atoms with E-state index in [1.807, 2.05) is 0 Å². The van der Waals surface area contributed by atoms with Gasteiger partial charge in [-0.25, -0.2) is 0 Å². The summed E-state index contributed by atoms with van der Waals surface area (Å²) in [6.07, 6.45) is -1.31. The molecule has 0 aromatic rings. The Balaban J connectivity index is 2.41. The second kappa shape index (κ2) is 3.45. The first-order chi connectivity index (χ1) is 4.79. The Hall–Kier alpha value is 0.0569. The lowest BCUT2D eigenvalue weighted by molar-refractivity contribution is -0.00271. The first kappa shape index (κ1) is 8.16. The van der Waals surface area contributed by atoms with E-state index in [0.717, 1.165) is 0 Å². The summed E-state index contributed by atoms with van der Waals surface area (Å²) in [7, 11) is 0.592. The van der Waals surface area contributed by atoms with Gasteiger partial charge in [-0.15, -0.1) is 0 Å². The second-order valence-electron chi connectivity index (χ2n) is 2.32. The third-order valence-electron chi connectivity index (χ3n) is 1.72. The molecule has 1 fully saturated rings. The van der Waals surface area contributed by atoms with Gasteiger partial charge in [-0.2, -0.15) is 0 Å². The summed E-state index contributed by atoms with van der Waals surface area (Å²) in [6, 6.07) is 0. The monoisotopic (exact) mass is 164 g/mol. The summed E-state index contributed by atoms with van der Waals surface area (Å²) < 4.78 is 10.0. The van der Waals surface area contributed by atoms with E-state index >= 15 is 0 Å². The van der Waals surface area contributed by atoms with E-state index in [1.165, 1.54) is 0 Å². The van der Waals surface area contributed by atoms with Crippen molar-refractivity contribution in [1.82, 2.24) is 0 Å². The van der Waals surface area contributed by atoms with E-state index < -0.39 is 12.2 Å². The van der Waals surface area contributed by atoms with Crippen molar-refractivity contribution < 1.29 is 19.4 Å². The van der Waals surface area contributed by atoms with Crippen LogP contribution in [-0.2, 0) is 9.16 Å². The molecular formula is C5H12O4Si. The van der Waals surface area contributed by atoms with Crippen molar-refractivity contribution in [1.29, 1.82) is 0 Å². The zero-order valence-corrected chi connectivity index (χ0v) is 7.86. The van der Waals surface area contributed by atoms with Crippen LogP contribution in [-0.4, -0.2) is 52.2 Å². The van der Waals surface area contributed by atoms with Gasteiger partial charge in [-0.1, -0.05) is 0 Å². The summed E-state index contributed by atoms with van der Waals surface area (Å²) >= 11 is 0. The van der Waals surface area contributed by atoms with Crippen molar-refractivity contribution >= 4 is 10.5 Å². The highest BCUT2D eigenvalue weighted by atomic mass is 28.2. The van der Waals surface area contributed by atoms with Crippen LogP contribution in [0.25, 0.3) is 0 Å². The van der Waals surface area contributed by atoms with Crippen molar-refractivity contribution in [2.45, 2.75) is 18.3 Å². The maximum absolute atomic E-state index is 9.26. The Bertz CT molecular complexity index is 97.8. The van der Waals surface area contributed by atoms with Gasteiger partial charge in [0.05, 0.1) is 19.3 Å². The average Bonchev–Trinajstić information content (AvgIpc) is 2.30. The fourth-order valence-corrected chi connectivity index (χ4v) is 1.44. The number of ether oxygens (including phenoxy) is 1. The molecule has 4 nitrogen and oxygen atoms in total. The van der Waals surface area contributed by atoms with Crippen LogP contribution in [0.4, 0.5) is 0 Å². The highest BCUT2D eigenvalue weighted by Gasteiger charge is 2.34. The van der Waals surface area contributed by atoms with Gasteiger partial charge in [0, 0.05) is 0 Å².